The zero-order chi connectivity index (χ0) is 21.7. The van der Waals surface area contributed by atoms with E-state index in [0.717, 1.165) is 14.6 Å². The van der Waals surface area contributed by atoms with Gasteiger partial charge in [-0.05, 0) is 30.7 Å². The maximum atomic E-state index is 12.7. The molecule has 0 fully saturated rings. The molecule has 0 aliphatic rings. The number of anilines is 2. The molecule has 0 unspecified atom stereocenters. The first-order valence-corrected chi connectivity index (χ1v) is 11.0. The zero-order valence-electron chi connectivity index (χ0n) is 16.4. The first-order valence-electron chi connectivity index (χ1n) is 9.32. The number of nitro groups is 1. The molecule has 2 N–H and O–H groups in total. The Hall–Kier alpha value is -2.98. The Bertz CT molecular complexity index is 1100. The number of nitrogens with zero attached hydrogens (tertiary/aromatic N) is 2. The molecule has 1 atom stereocenters. The highest BCUT2D eigenvalue weighted by Crippen LogP contribution is 2.35. The monoisotopic (exact) mass is 444 g/mol. The van der Waals surface area contributed by atoms with E-state index in [2.05, 4.69) is 15.6 Å². The predicted molar refractivity (Wildman–Crippen MR) is 120 cm³/mol. The summed E-state index contributed by atoms with van der Waals surface area (Å²) in [7, 11) is 0. The number of thiazole rings is 1. The molecule has 0 saturated heterocycles. The van der Waals surface area contributed by atoms with Crippen LogP contribution in [0.1, 0.15) is 26.7 Å². The summed E-state index contributed by atoms with van der Waals surface area (Å²) in [5, 5.41) is 16.1. The van der Waals surface area contributed by atoms with Gasteiger partial charge in [-0.15, -0.1) is 11.3 Å². The van der Waals surface area contributed by atoms with E-state index in [9.17, 15) is 19.7 Å². The van der Waals surface area contributed by atoms with Crippen LogP contribution in [0.25, 0.3) is 10.2 Å². The number of fused-ring (bicyclic) bond motifs is 1. The minimum atomic E-state index is -0.500. The number of carbonyl (C=O) groups is 2. The summed E-state index contributed by atoms with van der Waals surface area (Å²) in [5.41, 5.74) is 1.82. The second kappa shape index (κ2) is 9.68. The minimum Gasteiger partial charge on any atom is -0.326 e. The molecule has 0 bridgehead atoms. The van der Waals surface area contributed by atoms with Crippen molar-refractivity contribution in [2.24, 2.45) is 0 Å². The molecule has 2 aromatic carbocycles. The number of hydrogen-bond acceptors (Lipinski definition) is 7. The SMILES string of the molecule is CCC(=O)Nc1ccc2nc(S[C@@H](CC)C(=O)Nc3cccc([N+](=O)[O-])c3)sc2c1. The van der Waals surface area contributed by atoms with Gasteiger partial charge in [0.25, 0.3) is 5.69 Å². The van der Waals surface area contributed by atoms with Crippen LogP contribution >= 0.6 is 23.1 Å². The van der Waals surface area contributed by atoms with Crippen molar-refractivity contribution in [2.45, 2.75) is 36.3 Å². The predicted octanol–water partition coefficient (Wildman–Crippen LogP) is 5.06. The van der Waals surface area contributed by atoms with Gasteiger partial charge in [0.1, 0.15) is 0 Å². The van der Waals surface area contributed by atoms with Crippen molar-refractivity contribution < 1.29 is 14.5 Å². The zero-order valence-corrected chi connectivity index (χ0v) is 18.0. The van der Waals surface area contributed by atoms with Crippen LogP contribution < -0.4 is 10.6 Å². The molecular weight excluding hydrogens is 424 g/mol. The molecule has 3 rings (SSSR count). The summed E-state index contributed by atoms with van der Waals surface area (Å²) in [6.07, 6.45) is 0.971. The lowest BCUT2D eigenvalue weighted by molar-refractivity contribution is -0.384. The van der Waals surface area contributed by atoms with E-state index in [1.54, 1.807) is 19.1 Å². The maximum Gasteiger partial charge on any atom is 0.271 e. The molecule has 30 heavy (non-hydrogen) atoms. The Morgan fingerprint density at radius 1 is 1.17 bits per heavy atom. The van der Waals surface area contributed by atoms with E-state index >= 15 is 0 Å². The van der Waals surface area contributed by atoms with Crippen LogP contribution in [0.15, 0.2) is 46.8 Å². The molecule has 1 aromatic heterocycles. The molecule has 8 nitrogen and oxygen atoms in total. The number of benzene rings is 2. The molecule has 2 amide bonds. The van der Waals surface area contributed by atoms with E-state index in [4.69, 9.17) is 0 Å². The van der Waals surface area contributed by atoms with Crippen molar-refractivity contribution in [3.8, 4) is 0 Å². The number of hydrogen-bond donors (Lipinski definition) is 2. The van der Waals surface area contributed by atoms with Crippen LogP contribution in [0.2, 0.25) is 0 Å². The maximum absolute atomic E-state index is 12.7. The summed E-state index contributed by atoms with van der Waals surface area (Å²) in [4.78, 5) is 39.2. The van der Waals surface area contributed by atoms with Crippen molar-refractivity contribution >= 4 is 62.2 Å². The van der Waals surface area contributed by atoms with Crippen LogP contribution in [0, 0.1) is 10.1 Å². The Morgan fingerprint density at radius 2 is 1.93 bits per heavy atom. The van der Waals surface area contributed by atoms with Crippen LogP contribution in [0.5, 0.6) is 0 Å². The second-order valence-corrected chi connectivity index (χ2v) is 8.86. The fourth-order valence-corrected chi connectivity index (χ4v) is 4.92. The molecular formula is C20H20N4O4S2. The first kappa shape index (κ1) is 21.7. The smallest absolute Gasteiger partial charge is 0.271 e. The Morgan fingerprint density at radius 3 is 2.63 bits per heavy atom. The fourth-order valence-electron chi connectivity index (χ4n) is 2.64. The number of nitro benzene ring substituents is 1. The fraction of sp³-hybridized carbons (Fsp3) is 0.250. The molecule has 0 spiro atoms. The molecule has 0 aliphatic carbocycles. The average Bonchev–Trinajstić information content (AvgIpc) is 3.13. The van der Waals surface area contributed by atoms with Gasteiger partial charge in [0.2, 0.25) is 11.8 Å². The number of rotatable bonds is 8. The first-order chi connectivity index (χ1) is 14.4. The van der Waals surface area contributed by atoms with Gasteiger partial charge >= 0.3 is 0 Å². The number of amides is 2. The topological polar surface area (TPSA) is 114 Å². The van der Waals surface area contributed by atoms with Crippen molar-refractivity contribution in [2.75, 3.05) is 10.6 Å². The van der Waals surface area contributed by atoms with E-state index in [1.165, 1.54) is 41.3 Å². The lowest BCUT2D eigenvalue weighted by Crippen LogP contribution is -2.24. The lowest BCUT2D eigenvalue weighted by Gasteiger charge is -2.13. The normalized spacial score (nSPS) is 11.8. The molecule has 0 saturated carbocycles. The molecule has 0 aliphatic heterocycles. The van der Waals surface area contributed by atoms with Crippen molar-refractivity contribution in [1.82, 2.24) is 4.98 Å². The summed E-state index contributed by atoms with van der Waals surface area (Å²) < 4.78 is 1.66. The van der Waals surface area contributed by atoms with Gasteiger partial charge in [-0.1, -0.05) is 31.7 Å². The van der Waals surface area contributed by atoms with Gasteiger partial charge in [-0.25, -0.2) is 4.98 Å². The van der Waals surface area contributed by atoms with E-state index in [-0.39, 0.29) is 17.5 Å². The number of carbonyl (C=O) groups excluding carboxylic acids is 2. The third-order valence-corrected chi connectivity index (χ3v) is 6.68. The van der Waals surface area contributed by atoms with Gasteiger partial charge in [-0.2, -0.15) is 0 Å². The van der Waals surface area contributed by atoms with Crippen LogP contribution in [-0.4, -0.2) is 27.0 Å². The Kier molecular flexibility index (Phi) is 7.01. The van der Waals surface area contributed by atoms with Crippen molar-refractivity contribution in [3.05, 3.63) is 52.6 Å². The lowest BCUT2D eigenvalue weighted by atomic mass is 10.2. The number of nitrogens with one attached hydrogen (secondary N) is 2. The molecule has 156 valence electrons. The van der Waals surface area contributed by atoms with Gasteiger partial charge in [0.15, 0.2) is 4.34 Å². The van der Waals surface area contributed by atoms with Gasteiger partial charge in [0, 0.05) is 29.9 Å². The average molecular weight is 445 g/mol. The highest BCUT2D eigenvalue weighted by atomic mass is 32.2. The molecule has 10 heteroatoms. The van der Waals surface area contributed by atoms with Gasteiger partial charge < -0.3 is 10.6 Å². The molecule has 3 aromatic rings. The summed E-state index contributed by atoms with van der Waals surface area (Å²) >= 11 is 2.80. The number of aromatic nitrogens is 1. The third kappa shape index (κ3) is 5.33. The Balaban J connectivity index is 1.72. The Labute approximate surface area is 181 Å². The standard InChI is InChI=1S/C20H20N4O4S2/c1-3-16(19(26)22-12-6-5-7-14(10-12)24(27)28)29-20-23-15-9-8-13(11-17(15)30-20)21-18(25)4-2/h5-11,16H,3-4H2,1-2H3,(H,21,25)(H,22,26)/t16-/m0/s1. The van der Waals surface area contributed by atoms with Crippen molar-refractivity contribution in [1.29, 1.82) is 0 Å². The van der Waals surface area contributed by atoms with E-state index < -0.39 is 10.2 Å². The van der Waals surface area contributed by atoms with Crippen molar-refractivity contribution in [3.63, 3.8) is 0 Å². The van der Waals surface area contributed by atoms with Crippen LogP contribution in [0.3, 0.4) is 0 Å². The van der Waals surface area contributed by atoms with Crippen LogP contribution in [-0.2, 0) is 9.59 Å². The van der Waals surface area contributed by atoms with Gasteiger partial charge in [0.05, 0.1) is 20.4 Å². The van der Waals surface area contributed by atoms with Gasteiger partial charge in [-0.3, -0.25) is 19.7 Å². The molecule has 0 radical (unpaired) electrons. The van der Waals surface area contributed by atoms with E-state index in [1.807, 2.05) is 19.1 Å². The number of non-ortho nitro benzene ring substituents is 1. The number of thioether (sulfide) groups is 1. The largest absolute Gasteiger partial charge is 0.326 e. The highest BCUT2D eigenvalue weighted by Gasteiger charge is 2.21. The van der Waals surface area contributed by atoms with Crippen LogP contribution in [0.4, 0.5) is 17.1 Å². The second-order valence-electron chi connectivity index (χ2n) is 6.38. The third-order valence-electron chi connectivity index (χ3n) is 4.20. The van der Waals surface area contributed by atoms with E-state index in [0.29, 0.717) is 24.2 Å². The quantitative estimate of drug-likeness (QED) is 0.285. The highest BCUT2D eigenvalue weighted by molar-refractivity contribution is 8.02. The summed E-state index contributed by atoms with van der Waals surface area (Å²) in [6.45, 7) is 3.69. The minimum absolute atomic E-state index is 0.0580. The summed E-state index contributed by atoms with van der Waals surface area (Å²) in [5.74, 6) is -0.296. The molecule has 1 heterocycles. The summed E-state index contributed by atoms with van der Waals surface area (Å²) in [6, 6.07) is 11.4.